The molecule has 0 saturated carbocycles. The molecule has 0 aliphatic carbocycles. The molecule has 0 bridgehead atoms. The molecule has 0 aromatic carbocycles. The summed E-state index contributed by atoms with van der Waals surface area (Å²) < 4.78 is 12.7. The van der Waals surface area contributed by atoms with E-state index in [9.17, 15) is 4.39 Å². The van der Waals surface area contributed by atoms with Gasteiger partial charge < -0.3 is 11.1 Å². The molecular formula is C9H6Cl2FN5. The number of halogens is 3. The maximum absolute atomic E-state index is 12.7. The molecule has 0 saturated heterocycles. The minimum absolute atomic E-state index is 0.0367. The van der Waals surface area contributed by atoms with Crippen LogP contribution in [-0.2, 0) is 0 Å². The molecule has 2 heterocycles. The molecule has 88 valence electrons. The number of rotatable bonds is 2. The number of nitrogens with zero attached hydrogens (tertiary/aromatic N) is 3. The Bertz CT molecular complexity index is 546. The second-order valence-electron chi connectivity index (χ2n) is 3.03. The van der Waals surface area contributed by atoms with Crippen molar-refractivity contribution in [3.05, 3.63) is 34.6 Å². The van der Waals surface area contributed by atoms with Crippen molar-refractivity contribution < 1.29 is 4.39 Å². The average molecular weight is 274 g/mol. The van der Waals surface area contributed by atoms with E-state index >= 15 is 0 Å². The Labute approximate surface area is 106 Å². The summed E-state index contributed by atoms with van der Waals surface area (Å²) in [5.74, 6) is 0.139. The summed E-state index contributed by atoms with van der Waals surface area (Å²) in [4.78, 5) is 11.3. The van der Waals surface area contributed by atoms with Gasteiger partial charge in [-0.2, -0.15) is 4.98 Å². The van der Waals surface area contributed by atoms with E-state index in [0.717, 1.165) is 6.20 Å². The molecule has 2 aromatic heterocycles. The van der Waals surface area contributed by atoms with Gasteiger partial charge >= 0.3 is 0 Å². The summed E-state index contributed by atoms with van der Waals surface area (Å²) in [6.45, 7) is 0. The maximum Gasteiger partial charge on any atom is 0.225 e. The number of nitrogens with one attached hydrogen (secondary N) is 1. The van der Waals surface area contributed by atoms with E-state index in [1.807, 2.05) is 0 Å². The van der Waals surface area contributed by atoms with E-state index in [-0.39, 0.29) is 21.9 Å². The summed E-state index contributed by atoms with van der Waals surface area (Å²) in [5.41, 5.74) is 5.79. The van der Waals surface area contributed by atoms with Gasteiger partial charge in [-0.1, -0.05) is 11.6 Å². The van der Waals surface area contributed by atoms with E-state index in [1.54, 1.807) is 0 Å². The predicted octanol–water partition coefficient (Wildman–Crippen LogP) is 2.64. The number of aromatic nitrogens is 3. The Morgan fingerprint density at radius 2 is 2.00 bits per heavy atom. The molecule has 0 spiro atoms. The monoisotopic (exact) mass is 273 g/mol. The Kier molecular flexibility index (Phi) is 3.26. The quantitative estimate of drug-likeness (QED) is 0.650. The molecule has 0 atom stereocenters. The third-order valence-corrected chi connectivity index (χ3v) is 2.30. The number of pyridine rings is 1. The fourth-order valence-electron chi connectivity index (χ4n) is 1.08. The zero-order valence-corrected chi connectivity index (χ0v) is 9.80. The SMILES string of the molecule is Nc1c(Cl)nc(Cl)nc1Nc1ccc(F)cn1. The van der Waals surface area contributed by atoms with Crippen LogP contribution >= 0.6 is 23.2 Å². The lowest BCUT2D eigenvalue weighted by molar-refractivity contribution is 0.622. The second-order valence-corrected chi connectivity index (χ2v) is 3.73. The molecule has 0 unspecified atom stereocenters. The van der Waals surface area contributed by atoms with E-state index in [4.69, 9.17) is 28.9 Å². The Morgan fingerprint density at radius 1 is 1.24 bits per heavy atom. The van der Waals surface area contributed by atoms with Crippen LogP contribution in [-0.4, -0.2) is 15.0 Å². The number of nitrogens with two attached hydrogens (primary N) is 1. The van der Waals surface area contributed by atoms with Gasteiger partial charge in [-0.15, -0.1) is 0 Å². The topological polar surface area (TPSA) is 76.7 Å². The molecule has 5 nitrogen and oxygen atoms in total. The van der Waals surface area contributed by atoms with Gasteiger partial charge in [-0.3, -0.25) is 0 Å². The van der Waals surface area contributed by atoms with Gasteiger partial charge in [0.15, 0.2) is 11.0 Å². The van der Waals surface area contributed by atoms with Crippen LogP contribution in [0.3, 0.4) is 0 Å². The molecule has 0 aliphatic heterocycles. The van der Waals surface area contributed by atoms with E-state index in [0.29, 0.717) is 5.82 Å². The van der Waals surface area contributed by atoms with E-state index in [2.05, 4.69) is 20.3 Å². The Hall–Kier alpha value is -1.66. The molecule has 17 heavy (non-hydrogen) atoms. The van der Waals surface area contributed by atoms with Crippen molar-refractivity contribution in [3.63, 3.8) is 0 Å². The van der Waals surface area contributed by atoms with Crippen molar-refractivity contribution in [1.29, 1.82) is 0 Å². The molecule has 0 radical (unpaired) electrons. The van der Waals surface area contributed by atoms with Gasteiger partial charge in [-0.25, -0.2) is 14.4 Å². The Morgan fingerprint density at radius 3 is 2.65 bits per heavy atom. The summed E-state index contributed by atoms with van der Waals surface area (Å²) in [5, 5.41) is 2.75. The largest absolute Gasteiger partial charge is 0.393 e. The van der Waals surface area contributed by atoms with Gasteiger partial charge in [-0.05, 0) is 23.7 Å². The van der Waals surface area contributed by atoms with Crippen LogP contribution in [0.2, 0.25) is 10.4 Å². The van der Waals surface area contributed by atoms with Gasteiger partial charge in [0, 0.05) is 0 Å². The fourth-order valence-corrected chi connectivity index (χ4v) is 1.46. The highest BCUT2D eigenvalue weighted by atomic mass is 35.5. The van der Waals surface area contributed by atoms with Crippen molar-refractivity contribution in [1.82, 2.24) is 15.0 Å². The van der Waals surface area contributed by atoms with Crippen LogP contribution in [0.5, 0.6) is 0 Å². The molecule has 2 aromatic rings. The van der Waals surface area contributed by atoms with Crippen molar-refractivity contribution in [2.24, 2.45) is 0 Å². The van der Waals surface area contributed by atoms with Gasteiger partial charge in [0.1, 0.15) is 17.3 Å². The van der Waals surface area contributed by atoms with Gasteiger partial charge in [0.05, 0.1) is 6.20 Å². The standard InChI is InChI=1S/C9H6Cl2FN5/c10-7-6(13)8(17-9(11)16-7)15-5-2-1-4(12)3-14-5/h1-3H,13H2,(H,14,15,16,17). The van der Waals surface area contributed by atoms with E-state index in [1.165, 1.54) is 12.1 Å². The molecule has 0 amide bonds. The molecule has 0 fully saturated rings. The second kappa shape index (κ2) is 4.68. The zero-order valence-electron chi connectivity index (χ0n) is 8.28. The number of anilines is 3. The first-order chi connectivity index (χ1) is 8.06. The summed E-state index contributed by atoms with van der Waals surface area (Å²) in [6, 6.07) is 2.68. The zero-order chi connectivity index (χ0) is 12.4. The lowest BCUT2D eigenvalue weighted by Gasteiger charge is -2.08. The Balaban J connectivity index is 2.32. The van der Waals surface area contributed by atoms with Crippen LogP contribution in [0.4, 0.5) is 21.7 Å². The highest BCUT2D eigenvalue weighted by Gasteiger charge is 2.09. The lowest BCUT2D eigenvalue weighted by atomic mass is 10.4. The van der Waals surface area contributed by atoms with Crippen LogP contribution in [0.15, 0.2) is 18.3 Å². The van der Waals surface area contributed by atoms with Crippen molar-refractivity contribution in [3.8, 4) is 0 Å². The maximum atomic E-state index is 12.7. The molecule has 3 N–H and O–H groups in total. The van der Waals surface area contributed by atoms with Crippen LogP contribution in [0.25, 0.3) is 0 Å². The van der Waals surface area contributed by atoms with E-state index < -0.39 is 5.82 Å². The van der Waals surface area contributed by atoms with Crippen molar-refractivity contribution in [2.75, 3.05) is 11.1 Å². The number of nitrogen functional groups attached to an aromatic ring is 1. The smallest absolute Gasteiger partial charge is 0.225 e. The highest BCUT2D eigenvalue weighted by molar-refractivity contribution is 6.34. The first kappa shape index (κ1) is 11.8. The number of hydrogen-bond acceptors (Lipinski definition) is 5. The first-order valence-electron chi connectivity index (χ1n) is 4.43. The fraction of sp³-hybridized carbons (Fsp3) is 0. The summed E-state index contributed by atoms with van der Waals surface area (Å²) >= 11 is 11.4. The van der Waals surface area contributed by atoms with Crippen LogP contribution in [0.1, 0.15) is 0 Å². The van der Waals surface area contributed by atoms with Crippen molar-refractivity contribution >= 4 is 40.5 Å². The minimum atomic E-state index is -0.442. The lowest BCUT2D eigenvalue weighted by Crippen LogP contribution is -2.03. The summed E-state index contributed by atoms with van der Waals surface area (Å²) in [6.07, 6.45) is 1.06. The van der Waals surface area contributed by atoms with Crippen LogP contribution < -0.4 is 11.1 Å². The first-order valence-corrected chi connectivity index (χ1v) is 5.19. The van der Waals surface area contributed by atoms with Crippen molar-refractivity contribution in [2.45, 2.75) is 0 Å². The molecule has 0 aliphatic rings. The molecule has 2 rings (SSSR count). The summed E-state index contributed by atoms with van der Waals surface area (Å²) in [7, 11) is 0. The van der Waals surface area contributed by atoms with Gasteiger partial charge in [0.25, 0.3) is 0 Å². The van der Waals surface area contributed by atoms with Crippen LogP contribution in [0, 0.1) is 5.82 Å². The number of hydrogen-bond donors (Lipinski definition) is 2. The third-order valence-electron chi connectivity index (χ3n) is 1.85. The average Bonchev–Trinajstić information content (AvgIpc) is 2.28. The van der Waals surface area contributed by atoms with Gasteiger partial charge in [0.2, 0.25) is 5.28 Å². The molecule has 8 heteroatoms. The predicted molar refractivity (Wildman–Crippen MR) is 63.9 cm³/mol. The normalized spacial score (nSPS) is 10.3. The highest BCUT2D eigenvalue weighted by Crippen LogP contribution is 2.27. The third kappa shape index (κ3) is 2.72. The molecular weight excluding hydrogens is 268 g/mol. The minimum Gasteiger partial charge on any atom is -0.393 e.